The van der Waals surface area contributed by atoms with Crippen LogP contribution in [0, 0.1) is 0 Å². The molecule has 180 valence electrons. The van der Waals surface area contributed by atoms with Crippen molar-refractivity contribution in [3.05, 3.63) is 70.4 Å². The molecule has 2 aromatic carbocycles. The fourth-order valence-electron chi connectivity index (χ4n) is 3.82. The summed E-state index contributed by atoms with van der Waals surface area (Å²) in [7, 11) is 1.50. The monoisotopic (exact) mass is 494 g/mol. The van der Waals surface area contributed by atoms with Crippen LogP contribution in [0.4, 0.5) is 24.7 Å². The molecule has 3 aromatic rings. The first kappa shape index (κ1) is 23.9. The zero-order chi connectivity index (χ0) is 24.6. The summed E-state index contributed by atoms with van der Waals surface area (Å²) in [6, 6.07) is 10.4. The first-order valence-corrected chi connectivity index (χ1v) is 10.8. The Labute approximate surface area is 198 Å². The van der Waals surface area contributed by atoms with E-state index < -0.39 is 30.3 Å². The van der Waals surface area contributed by atoms with Crippen molar-refractivity contribution in [1.82, 2.24) is 9.78 Å². The van der Waals surface area contributed by atoms with Crippen molar-refractivity contribution in [1.29, 1.82) is 0 Å². The Bertz CT molecular complexity index is 1180. The highest BCUT2D eigenvalue weighted by molar-refractivity contribution is 6.36. The number of nitrogens with one attached hydrogen (secondary N) is 2. The number of ether oxygens (including phenoxy) is 1. The van der Waals surface area contributed by atoms with Gasteiger partial charge in [-0.3, -0.25) is 4.79 Å². The molecule has 0 spiro atoms. The molecule has 0 saturated heterocycles. The third kappa shape index (κ3) is 4.69. The summed E-state index contributed by atoms with van der Waals surface area (Å²) in [5.41, 5.74) is 1.32. The summed E-state index contributed by atoms with van der Waals surface area (Å²) < 4.78 is 47.7. The molecule has 1 aliphatic rings. The van der Waals surface area contributed by atoms with Crippen LogP contribution in [-0.4, -0.2) is 34.1 Å². The molecule has 1 amide bonds. The predicted molar refractivity (Wildman–Crippen MR) is 121 cm³/mol. The highest BCUT2D eigenvalue weighted by atomic mass is 35.5. The first-order valence-electron chi connectivity index (χ1n) is 10.4. The topological polar surface area (TPSA) is 88.4 Å². The molecule has 4 rings (SSSR count). The lowest BCUT2D eigenvalue weighted by Crippen LogP contribution is -2.35. The number of hydrogen-bond acceptors (Lipinski definition) is 5. The van der Waals surface area contributed by atoms with Crippen molar-refractivity contribution in [3.63, 3.8) is 0 Å². The number of aromatic nitrogens is 2. The third-order valence-corrected chi connectivity index (χ3v) is 6.04. The molecule has 7 nitrogen and oxygen atoms in total. The molecule has 0 unspecified atom stereocenters. The van der Waals surface area contributed by atoms with Gasteiger partial charge in [-0.25, -0.2) is 4.68 Å². The summed E-state index contributed by atoms with van der Waals surface area (Å²) in [6.07, 6.45) is -5.62. The minimum Gasteiger partial charge on any atom is -0.497 e. The number of benzene rings is 2. The van der Waals surface area contributed by atoms with E-state index >= 15 is 0 Å². The number of hydrogen-bond donors (Lipinski definition) is 3. The number of nitrogens with zero attached hydrogens (tertiary/aromatic N) is 2. The second-order valence-electron chi connectivity index (χ2n) is 7.97. The molecular weight excluding hydrogens is 473 g/mol. The number of carbonyl (C=O) groups is 1. The van der Waals surface area contributed by atoms with Gasteiger partial charge in [0.25, 0.3) is 5.91 Å². The van der Waals surface area contributed by atoms with E-state index in [4.69, 9.17) is 16.3 Å². The predicted octanol–water partition coefficient (Wildman–Crippen LogP) is 5.51. The normalized spacial score (nSPS) is 18.6. The van der Waals surface area contributed by atoms with Crippen LogP contribution in [0.3, 0.4) is 0 Å². The fraction of sp³-hybridized carbons (Fsp3) is 0.304. The van der Waals surface area contributed by atoms with E-state index in [2.05, 4.69) is 15.7 Å². The van der Waals surface area contributed by atoms with Gasteiger partial charge in [-0.2, -0.15) is 18.3 Å². The van der Waals surface area contributed by atoms with Crippen LogP contribution in [0.25, 0.3) is 0 Å². The Morgan fingerprint density at radius 3 is 2.44 bits per heavy atom. The maximum absolute atomic E-state index is 13.9. The number of halogens is 4. The molecule has 0 saturated carbocycles. The Morgan fingerprint density at radius 1 is 1.24 bits per heavy atom. The smallest absolute Gasteiger partial charge is 0.410 e. The van der Waals surface area contributed by atoms with Crippen LogP contribution < -0.4 is 15.4 Å². The molecule has 0 bridgehead atoms. The number of fused-ring (bicyclic) bond motifs is 1. The van der Waals surface area contributed by atoms with Gasteiger partial charge in [-0.1, -0.05) is 35.9 Å². The second-order valence-corrected chi connectivity index (χ2v) is 8.35. The molecule has 0 aliphatic carbocycles. The van der Waals surface area contributed by atoms with Gasteiger partial charge < -0.3 is 20.5 Å². The quantitative estimate of drug-likeness (QED) is 0.435. The molecule has 0 fully saturated rings. The van der Waals surface area contributed by atoms with Crippen molar-refractivity contribution in [2.75, 3.05) is 17.7 Å². The summed E-state index contributed by atoms with van der Waals surface area (Å²) in [4.78, 5) is 12.8. The van der Waals surface area contributed by atoms with Crippen LogP contribution in [-0.2, 0) is 0 Å². The maximum Gasteiger partial charge on any atom is 0.410 e. The lowest BCUT2D eigenvalue weighted by atomic mass is 9.97. The molecule has 2 heterocycles. The van der Waals surface area contributed by atoms with Crippen LogP contribution >= 0.6 is 11.6 Å². The molecule has 1 aromatic heterocycles. The zero-order valence-corrected chi connectivity index (χ0v) is 19.0. The van der Waals surface area contributed by atoms with E-state index in [1.54, 1.807) is 55.5 Å². The summed E-state index contributed by atoms with van der Waals surface area (Å²) in [5, 5.41) is 18.9. The van der Waals surface area contributed by atoms with E-state index in [1.807, 2.05) is 0 Å². The van der Waals surface area contributed by atoms with Crippen molar-refractivity contribution in [3.8, 4) is 5.75 Å². The van der Waals surface area contributed by atoms with Gasteiger partial charge in [0.1, 0.15) is 16.6 Å². The fourth-order valence-corrected chi connectivity index (χ4v) is 4.09. The van der Waals surface area contributed by atoms with Gasteiger partial charge in [0.05, 0.1) is 19.3 Å². The van der Waals surface area contributed by atoms with E-state index in [-0.39, 0.29) is 23.0 Å². The summed E-state index contributed by atoms with van der Waals surface area (Å²) >= 11 is 6.36. The third-order valence-electron chi connectivity index (χ3n) is 5.68. The minimum atomic E-state index is -4.61. The maximum atomic E-state index is 13.9. The highest BCUT2D eigenvalue weighted by Crippen LogP contribution is 2.46. The number of rotatable bonds is 5. The van der Waals surface area contributed by atoms with Crippen LogP contribution in [0.2, 0.25) is 5.02 Å². The molecule has 1 aliphatic heterocycles. The number of alkyl halides is 3. The number of carbonyl (C=O) groups excluding carboxylic acids is 1. The zero-order valence-electron chi connectivity index (χ0n) is 18.2. The van der Waals surface area contributed by atoms with Gasteiger partial charge in [0.2, 0.25) is 0 Å². The van der Waals surface area contributed by atoms with Gasteiger partial charge >= 0.3 is 6.18 Å². The SMILES string of the molecule is COc1ccc([C@H]2C[C@H](C(F)(F)F)n3nc(C(=O)Nc4ccc([C@H](C)O)cc4)c(Cl)c3N2)cc1. The minimum absolute atomic E-state index is 0.0781. The highest BCUT2D eigenvalue weighted by Gasteiger charge is 2.47. The second kappa shape index (κ2) is 9.19. The van der Waals surface area contributed by atoms with E-state index in [0.717, 1.165) is 4.68 Å². The summed E-state index contributed by atoms with van der Waals surface area (Å²) in [6.45, 7) is 1.60. The standard InChI is InChI=1S/C23H22ClF3N4O3/c1-12(32)13-3-7-15(8-4-13)28-22(33)20-19(24)21-29-17(14-5-9-16(34-2)10-6-14)11-18(23(25,26)27)31(21)30-20/h3-10,12,17-18,29,32H,11H2,1-2H3,(H,28,33)/t12-,17+,18+/m0/s1. The van der Waals surface area contributed by atoms with Crippen molar-refractivity contribution in [2.45, 2.75) is 37.7 Å². The van der Waals surface area contributed by atoms with Crippen molar-refractivity contribution < 1.29 is 27.8 Å². The first-order chi connectivity index (χ1) is 16.1. The largest absolute Gasteiger partial charge is 0.497 e. The van der Waals surface area contributed by atoms with Crippen molar-refractivity contribution in [2.24, 2.45) is 0 Å². The lowest BCUT2D eigenvalue weighted by Gasteiger charge is -2.33. The van der Waals surface area contributed by atoms with E-state index in [9.17, 15) is 23.1 Å². The van der Waals surface area contributed by atoms with Gasteiger partial charge in [-0.15, -0.1) is 0 Å². The van der Waals surface area contributed by atoms with Gasteiger partial charge in [0, 0.05) is 12.1 Å². The Kier molecular flexibility index (Phi) is 6.46. The number of amides is 1. The molecule has 34 heavy (non-hydrogen) atoms. The van der Waals surface area contributed by atoms with Gasteiger partial charge in [-0.05, 0) is 42.3 Å². The van der Waals surface area contributed by atoms with Crippen LogP contribution in [0.15, 0.2) is 48.5 Å². The molecule has 0 radical (unpaired) electrons. The number of aliphatic hydroxyl groups is 1. The Balaban J connectivity index is 1.64. The molecular formula is C23H22ClF3N4O3. The number of anilines is 2. The van der Waals surface area contributed by atoms with E-state index in [0.29, 0.717) is 22.6 Å². The van der Waals surface area contributed by atoms with Crippen LogP contribution in [0.1, 0.15) is 53.1 Å². The van der Waals surface area contributed by atoms with Gasteiger partial charge in [0.15, 0.2) is 11.7 Å². The Morgan fingerprint density at radius 2 is 1.88 bits per heavy atom. The number of methoxy groups -OCH3 is 1. The molecule has 3 atom stereocenters. The van der Waals surface area contributed by atoms with Crippen LogP contribution in [0.5, 0.6) is 5.75 Å². The lowest BCUT2D eigenvalue weighted by molar-refractivity contribution is -0.173. The van der Waals surface area contributed by atoms with Crippen molar-refractivity contribution >= 4 is 29.0 Å². The average molecular weight is 495 g/mol. The number of aliphatic hydroxyl groups excluding tert-OH is 1. The molecule has 3 N–H and O–H groups in total. The summed E-state index contributed by atoms with van der Waals surface area (Å²) in [5.74, 6) is -0.249. The average Bonchev–Trinajstić information content (AvgIpc) is 3.14. The Hall–Kier alpha value is -3.24. The van der Waals surface area contributed by atoms with E-state index in [1.165, 1.54) is 7.11 Å². The molecule has 11 heteroatoms.